The standard InChI is InChI=1S/C12H24O3/c1-6-14-12(5)15-11(4)9(2)7-8-10(3)13/h9,11-12H,6-8H2,1-5H3/t9-,11+,12?/m0/s1. The van der Waals surface area contributed by atoms with E-state index in [1.165, 1.54) is 0 Å². The molecule has 0 heterocycles. The lowest BCUT2D eigenvalue weighted by molar-refractivity contribution is -0.164. The molecule has 0 aliphatic carbocycles. The third-order valence-corrected chi connectivity index (χ3v) is 2.56. The van der Waals surface area contributed by atoms with E-state index >= 15 is 0 Å². The van der Waals surface area contributed by atoms with Crippen molar-refractivity contribution in [2.75, 3.05) is 6.61 Å². The first-order valence-corrected chi connectivity index (χ1v) is 5.73. The van der Waals surface area contributed by atoms with Crippen LogP contribution in [-0.2, 0) is 14.3 Å². The van der Waals surface area contributed by atoms with Crippen LogP contribution in [0.3, 0.4) is 0 Å². The second kappa shape index (κ2) is 7.83. The van der Waals surface area contributed by atoms with E-state index in [2.05, 4.69) is 6.92 Å². The molecule has 90 valence electrons. The van der Waals surface area contributed by atoms with Crippen molar-refractivity contribution in [2.45, 2.75) is 59.9 Å². The van der Waals surface area contributed by atoms with Crippen molar-refractivity contribution in [1.29, 1.82) is 0 Å². The van der Waals surface area contributed by atoms with Gasteiger partial charge in [0.2, 0.25) is 0 Å². The zero-order valence-corrected chi connectivity index (χ0v) is 10.6. The Morgan fingerprint density at radius 3 is 2.33 bits per heavy atom. The summed E-state index contributed by atoms with van der Waals surface area (Å²) in [5.41, 5.74) is 0. The van der Waals surface area contributed by atoms with Crippen LogP contribution >= 0.6 is 0 Å². The maximum Gasteiger partial charge on any atom is 0.155 e. The Balaban J connectivity index is 3.77. The first-order chi connectivity index (χ1) is 6.97. The van der Waals surface area contributed by atoms with Crippen LogP contribution in [0.15, 0.2) is 0 Å². The van der Waals surface area contributed by atoms with Crippen LogP contribution in [-0.4, -0.2) is 24.8 Å². The number of ether oxygens (including phenoxy) is 2. The summed E-state index contributed by atoms with van der Waals surface area (Å²) in [5, 5.41) is 0. The molecule has 3 nitrogen and oxygen atoms in total. The van der Waals surface area contributed by atoms with Crippen LogP contribution in [0, 0.1) is 5.92 Å². The molecule has 0 aromatic heterocycles. The molecule has 0 aliphatic rings. The molecule has 0 aromatic carbocycles. The van der Waals surface area contributed by atoms with Crippen molar-refractivity contribution >= 4 is 5.78 Å². The summed E-state index contributed by atoms with van der Waals surface area (Å²) >= 11 is 0. The summed E-state index contributed by atoms with van der Waals surface area (Å²) in [4.78, 5) is 10.8. The van der Waals surface area contributed by atoms with Gasteiger partial charge < -0.3 is 14.3 Å². The first-order valence-electron chi connectivity index (χ1n) is 5.73. The van der Waals surface area contributed by atoms with E-state index in [-0.39, 0.29) is 18.2 Å². The van der Waals surface area contributed by atoms with Gasteiger partial charge in [-0.05, 0) is 40.0 Å². The molecule has 15 heavy (non-hydrogen) atoms. The predicted octanol–water partition coefficient (Wildman–Crippen LogP) is 2.78. The molecule has 0 fully saturated rings. The number of carbonyl (C=O) groups excluding carboxylic acids is 1. The zero-order valence-electron chi connectivity index (χ0n) is 10.6. The third-order valence-electron chi connectivity index (χ3n) is 2.56. The Morgan fingerprint density at radius 1 is 1.27 bits per heavy atom. The summed E-state index contributed by atoms with van der Waals surface area (Å²) in [7, 11) is 0. The number of Topliss-reactive ketones (excluding diaryl/α,β-unsaturated/α-hetero) is 1. The van der Waals surface area contributed by atoms with Crippen LogP contribution in [0.5, 0.6) is 0 Å². The molecule has 0 aliphatic heterocycles. The molecule has 0 N–H and O–H groups in total. The minimum atomic E-state index is -0.162. The predicted molar refractivity (Wildman–Crippen MR) is 60.7 cm³/mol. The second-order valence-electron chi connectivity index (χ2n) is 4.08. The van der Waals surface area contributed by atoms with Crippen molar-refractivity contribution < 1.29 is 14.3 Å². The minimum Gasteiger partial charge on any atom is -0.353 e. The molecule has 1 unspecified atom stereocenters. The van der Waals surface area contributed by atoms with E-state index in [4.69, 9.17) is 9.47 Å². The fourth-order valence-corrected chi connectivity index (χ4v) is 1.38. The largest absolute Gasteiger partial charge is 0.353 e. The maximum absolute atomic E-state index is 10.8. The van der Waals surface area contributed by atoms with Crippen molar-refractivity contribution in [3.05, 3.63) is 0 Å². The summed E-state index contributed by atoms with van der Waals surface area (Å²) in [6.07, 6.45) is 1.49. The monoisotopic (exact) mass is 216 g/mol. The summed E-state index contributed by atoms with van der Waals surface area (Å²) < 4.78 is 11.0. The van der Waals surface area contributed by atoms with Gasteiger partial charge in [0.05, 0.1) is 6.10 Å². The normalized spacial score (nSPS) is 17.1. The van der Waals surface area contributed by atoms with E-state index < -0.39 is 0 Å². The van der Waals surface area contributed by atoms with Crippen LogP contribution in [0.25, 0.3) is 0 Å². The first kappa shape index (κ1) is 14.6. The van der Waals surface area contributed by atoms with Gasteiger partial charge in [-0.3, -0.25) is 0 Å². The Kier molecular flexibility index (Phi) is 7.61. The Morgan fingerprint density at radius 2 is 1.87 bits per heavy atom. The maximum atomic E-state index is 10.8. The van der Waals surface area contributed by atoms with Crippen molar-refractivity contribution in [1.82, 2.24) is 0 Å². The lowest BCUT2D eigenvalue weighted by atomic mass is 9.99. The van der Waals surface area contributed by atoms with Gasteiger partial charge in [-0.15, -0.1) is 0 Å². The van der Waals surface area contributed by atoms with Gasteiger partial charge in [0.1, 0.15) is 5.78 Å². The highest BCUT2D eigenvalue weighted by atomic mass is 16.7. The lowest BCUT2D eigenvalue weighted by Gasteiger charge is -2.23. The van der Waals surface area contributed by atoms with Crippen LogP contribution in [0.2, 0.25) is 0 Å². The highest BCUT2D eigenvalue weighted by molar-refractivity contribution is 5.75. The van der Waals surface area contributed by atoms with Crippen molar-refractivity contribution in [3.63, 3.8) is 0 Å². The number of hydrogen-bond acceptors (Lipinski definition) is 3. The highest BCUT2D eigenvalue weighted by Gasteiger charge is 2.16. The van der Waals surface area contributed by atoms with Gasteiger partial charge in [0.15, 0.2) is 6.29 Å². The zero-order chi connectivity index (χ0) is 11.8. The number of carbonyl (C=O) groups is 1. The molecule has 3 atom stereocenters. The van der Waals surface area contributed by atoms with Gasteiger partial charge in [0.25, 0.3) is 0 Å². The molecule has 0 amide bonds. The molecule has 0 spiro atoms. The molecule has 3 heteroatoms. The fraction of sp³-hybridized carbons (Fsp3) is 0.917. The van der Waals surface area contributed by atoms with E-state index in [0.717, 1.165) is 6.42 Å². The Labute approximate surface area is 93.1 Å². The molecule has 0 radical (unpaired) electrons. The van der Waals surface area contributed by atoms with Crippen LogP contribution in [0.4, 0.5) is 0 Å². The van der Waals surface area contributed by atoms with Gasteiger partial charge >= 0.3 is 0 Å². The van der Waals surface area contributed by atoms with Gasteiger partial charge in [0, 0.05) is 13.0 Å². The minimum absolute atomic E-state index is 0.130. The summed E-state index contributed by atoms with van der Waals surface area (Å²) in [6.45, 7) is 10.3. The number of hydrogen-bond donors (Lipinski definition) is 0. The quantitative estimate of drug-likeness (QED) is 0.585. The summed E-state index contributed by atoms with van der Waals surface area (Å²) in [5.74, 6) is 0.628. The summed E-state index contributed by atoms with van der Waals surface area (Å²) in [6, 6.07) is 0. The van der Waals surface area contributed by atoms with E-state index in [0.29, 0.717) is 18.9 Å². The molecular formula is C12H24O3. The van der Waals surface area contributed by atoms with Gasteiger partial charge in [-0.25, -0.2) is 0 Å². The molecule has 0 rings (SSSR count). The molecule has 0 bridgehead atoms. The average Bonchev–Trinajstić information content (AvgIpc) is 2.14. The Hall–Kier alpha value is -0.410. The topological polar surface area (TPSA) is 35.5 Å². The van der Waals surface area contributed by atoms with E-state index in [1.807, 2.05) is 20.8 Å². The molecule has 0 saturated heterocycles. The van der Waals surface area contributed by atoms with Gasteiger partial charge in [-0.1, -0.05) is 6.92 Å². The van der Waals surface area contributed by atoms with E-state index in [9.17, 15) is 4.79 Å². The third kappa shape index (κ3) is 7.51. The van der Waals surface area contributed by atoms with Crippen LogP contribution < -0.4 is 0 Å². The highest BCUT2D eigenvalue weighted by Crippen LogP contribution is 2.15. The fourth-order valence-electron chi connectivity index (χ4n) is 1.38. The average molecular weight is 216 g/mol. The SMILES string of the molecule is CCOC(C)O[C@H](C)[C@@H](C)CCC(C)=O. The molecular weight excluding hydrogens is 192 g/mol. The van der Waals surface area contributed by atoms with Crippen LogP contribution in [0.1, 0.15) is 47.5 Å². The second-order valence-corrected chi connectivity index (χ2v) is 4.08. The van der Waals surface area contributed by atoms with Crippen molar-refractivity contribution in [3.8, 4) is 0 Å². The smallest absolute Gasteiger partial charge is 0.155 e. The lowest BCUT2D eigenvalue weighted by Crippen LogP contribution is -2.25. The van der Waals surface area contributed by atoms with E-state index in [1.54, 1.807) is 6.92 Å². The van der Waals surface area contributed by atoms with Gasteiger partial charge in [-0.2, -0.15) is 0 Å². The van der Waals surface area contributed by atoms with Crippen molar-refractivity contribution in [2.24, 2.45) is 5.92 Å². The number of ketones is 1. The molecule has 0 saturated carbocycles. The molecule has 0 aromatic rings. The number of rotatable bonds is 8. The Bertz CT molecular complexity index is 180.